The van der Waals surface area contributed by atoms with Crippen molar-refractivity contribution >= 4 is 46.5 Å². The molecule has 28 heavy (non-hydrogen) atoms. The number of rotatable bonds is 7. The summed E-state index contributed by atoms with van der Waals surface area (Å²) in [4.78, 5) is 31.1. The van der Waals surface area contributed by atoms with Crippen LogP contribution in [-0.2, 0) is 11.3 Å². The Bertz CT molecular complexity index is 827. The van der Waals surface area contributed by atoms with E-state index in [0.717, 1.165) is 35.7 Å². The van der Waals surface area contributed by atoms with E-state index in [1.807, 2.05) is 40.8 Å². The third-order valence-corrected chi connectivity index (χ3v) is 7.13. The van der Waals surface area contributed by atoms with Crippen molar-refractivity contribution in [2.24, 2.45) is 5.92 Å². The summed E-state index contributed by atoms with van der Waals surface area (Å²) in [6, 6.07) is 7.51. The van der Waals surface area contributed by atoms with Crippen molar-refractivity contribution in [1.29, 1.82) is 0 Å². The summed E-state index contributed by atoms with van der Waals surface area (Å²) >= 11 is 9.18. The number of piperidine rings is 1. The van der Waals surface area contributed by atoms with Gasteiger partial charge in [-0.25, -0.2) is 4.98 Å². The molecule has 5 nitrogen and oxygen atoms in total. The summed E-state index contributed by atoms with van der Waals surface area (Å²) < 4.78 is 0.909. The first kappa shape index (κ1) is 21.1. The lowest BCUT2D eigenvalue weighted by molar-refractivity contribution is -0.121. The fourth-order valence-corrected chi connectivity index (χ4v) is 4.79. The normalized spacial score (nSPS) is 16.8. The van der Waals surface area contributed by atoms with E-state index in [0.29, 0.717) is 36.1 Å². The zero-order valence-corrected chi connectivity index (χ0v) is 18.2. The van der Waals surface area contributed by atoms with Crippen LogP contribution in [0.15, 0.2) is 34.0 Å². The number of nitrogens with zero attached hydrogens (tertiary/aromatic N) is 2. The second kappa shape index (κ2) is 10.3. The highest BCUT2D eigenvalue weighted by Crippen LogP contribution is 2.25. The van der Waals surface area contributed by atoms with Crippen LogP contribution in [0.25, 0.3) is 0 Å². The molecule has 3 rings (SSSR count). The minimum Gasteiger partial charge on any atom is -0.352 e. The highest BCUT2D eigenvalue weighted by molar-refractivity contribution is 8.00. The Labute approximate surface area is 178 Å². The fourth-order valence-electron chi connectivity index (χ4n) is 3.36. The molecule has 1 saturated heterocycles. The number of thiazole rings is 1. The van der Waals surface area contributed by atoms with E-state index in [1.54, 1.807) is 11.8 Å². The number of hydrogen-bond acceptors (Lipinski definition) is 5. The average Bonchev–Trinajstić information content (AvgIpc) is 3.20. The Morgan fingerprint density at radius 2 is 2.21 bits per heavy atom. The van der Waals surface area contributed by atoms with Crippen LogP contribution in [0.5, 0.6) is 0 Å². The summed E-state index contributed by atoms with van der Waals surface area (Å²) in [5.74, 6) is 0.374. The number of halogens is 1. The molecular weight excluding hydrogens is 414 g/mol. The van der Waals surface area contributed by atoms with Gasteiger partial charge in [-0.15, -0.1) is 11.3 Å². The minimum atomic E-state index is 0.00409. The number of nitrogens with one attached hydrogen (secondary N) is 1. The van der Waals surface area contributed by atoms with Gasteiger partial charge in [0.15, 0.2) is 0 Å². The number of amides is 2. The molecule has 0 radical (unpaired) electrons. The van der Waals surface area contributed by atoms with Crippen molar-refractivity contribution in [1.82, 2.24) is 15.2 Å². The van der Waals surface area contributed by atoms with Crippen LogP contribution in [0.2, 0.25) is 5.02 Å². The molecule has 1 aromatic carbocycles. The van der Waals surface area contributed by atoms with Crippen LogP contribution >= 0.6 is 34.7 Å². The van der Waals surface area contributed by atoms with Crippen LogP contribution in [0.4, 0.5) is 0 Å². The molecule has 2 amide bonds. The van der Waals surface area contributed by atoms with E-state index in [1.165, 1.54) is 11.3 Å². The summed E-state index contributed by atoms with van der Waals surface area (Å²) in [7, 11) is 0. The van der Waals surface area contributed by atoms with Gasteiger partial charge in [-0.05, 0) is 43.1 Å². The van der Waals surface area contributed by atoms with Crippen molar-refractivity contribution in [3.8, 4) is 0 Å². The van der Waals surface area contributed by atoms with Crippen LogP contribution < -0.4 is 5.32 Å². The molecule has 150 valence electrons. The third-order valence-electron chi connectivity index (χ3n) is 4.90. The van der Waals surface area contributed by atoms with Gasteiger partial charge in [-0.3, -0.25) is 9.59 Å². The molecule has 1 aliphatic rings. The smallest absolute Gasteiger partial charge is 0.273 e. The Morgan fingerprint density at radius 1 is 1.39 bits per heavy atom. The maximum absolute atomic E-state index is 12.7. The number of likely N-dealkylation sites (tertiary alicyclic amines) is 1. The van der Waals surface area contributed by atoms with E-state index in [9.17, 15) is 9.59 Å². The van der Waals surface area contributed by atoms with Gasteiger partial charge < -0.3 is 10.2 Å². The molecular formula is C20H24ClN3O2S2. The highest BCUT2D eigenvalue weighted by atomic mass is 35.5. The lowest BCUT2D eigenvalue weighted by atomic mass is 9.93. The molecule has 8 heteroatoms. The molecule has 0 unspecified atom stereocenters. The quantitative estimate of drug-likeness (QED) is 0.649. The summed E-state index contributed by atoms with van der Waals surface area (Å²) in [5, 5.41) is 5.43. The van der Waals surface area contributed by atoms with E-state index < -0.39 is 0 Å². The molecule has 0 saturated carbocycles. The molecule has 1 fully saturated rings. The van der Waals surface area contributed by atoms with Crippen molar-refractivity contribution < 1.29 is 9.59 Å². The first-order chi connectivity index (χ1) is 13.6. The Hall–Kier alpha value is -1.57. The van der Waals surface area contributed by atoms with Crippen LogP contribution in [0.3, 0.4) is 0 Å². The largest absolute Gasteiger partial charge is 0.352 e. The molecule has 2 aromatic rings. The zero-order valence-electron chi connectivity index (χ0n) is 15.8. The average molecular weight is 438 g/mol. The van der Waals surface area contributed by atoms with Gasteiger partial charge in [0.05, 0.1) is 0 Å². The van der Waals surface area contributed by atoms with Crippen LogP contribution in [0.1, 0.15) is 41.7 Å². The predicted molar refractivity (Wildman–Crippen MR) is 115 cm³/mol. The standard InChI is InChI=1S/C20H24ClN3O2S2/c1-27-20-23-17(13-28-20)19(26)24-10-4-5-14(12-24)8-9-18(25)22-11-15-6-2-3-7-16(15)21/h2-3,6-7,13-14H,4-5,8-12H2,1H3,(H,22,25)/t14-/m1/s1. The zero-order chi connectivity index (χ0) is 19.9. The minimum absolute atomic E-state index is 0.00409. The number of benzene rings is 1. The second-order valence-corrected chi connectivity index (χ2v) is 9.19. The number of carbonyl (C=O) groups excluding carboxylic acids is 2. The summed E-state index contributed by atoms with van der Waals surface area (Å²) in [5.41, 5.74) is 1.45. The third kappa shape index (κ3) is 5.72. The van der Waals surface area contributed by atoms with Crippen molar-refractivity contribution in [2.45, 2.75) is 36.6 Å². The first-order valence-corrected chi connectivity index (χ1v) is 11.8. The highest BCUT2D eigenvalue weighted by Gasteiger charge is 2.26. The molecule has 1 N–H and O–H groups in total. The Morgan fingerprint density at radius 3 is 2.96 bits per heavy atom. The first-order valence-electron chi connectivity index (χ1n) is 9.35. The number of carbonyl (C=O) groups is 2. The fraction of sp³-hybridized carbons (Fsp3) is 0.450. The lowest BCUT2D eigenvalue weighted by Crippen LogP contribution is -2.40. The van der Waals surface area contributed by atoms with Gasteiger partial charge in [0.1, 0.15) is 10.0 Å². The summed E-state index contributed by atoms with van der Waals surface area (Å²) in [6.45, 7) is 1.90. The molecule has 2 heterocycles. The second-order valence-electron chi connectivity index (χ2n) is 6.87. The van der Waals surface area contributed by atoms with E-state index in [-0.39, 0.29) is 11.8 Å². The van der Waals surface area contributed by atoms with Gasteiger partial charge >= 0.3 is 0 Å². The van der Waals surface area contributed by atoms with Gasteiger partial charge in [0.2, 0.25) is 5.91 Å². The number of thioether (sulfide) groups is 1. The molecule has 0 bridgehead atoms. The molecule has 1 aromatic heterocycles. The van der Waals surface area contributed by atoms with Gasteiger partial charge in [-0.1, -0.05) is 41.6 Å². The summed E-state index contributed by atoms with van der Waals surface area (Å²) in [6.07, 6.45) is 5.22. The Kier molecular flexibility index (Phi) is 7.76. The van der Waals surface area contributed by atoms with Crippen LogP contribution in [-0.4, -0.2) is 41.0 Å². The van der Waals surface area contributed by atoms with Crippen LogP contribution in [0, 0.1) is 5.92 Å². The van der Waals surface area contributed by atoms with E-state index in [4.69, 9.17) is 11.6 Å². The predicted octanol–water partition coefficient (Wildman–Crippen LogP) is 4.47. The molecule has 1 atom stereocenters. The maximum atomic E-state index is 12.7. The number of aromatic nitrogens is 1. The van der Waals surface area contributed by atoms with Crippen molar-refractivity contribution in [3.05, 3.63) is 45.9 Å². The topological polar surface area (TPSA) is 62.3 Å². The number of hydrogen-bond donors (Lipinski definition) is 1. The molecule has 0 spiro atoms. The monoisotopic (exact) mass is 437 g/mol. The lowest BCUT2D eigenvalue weighted by Gasteiger charge is -2.32. The SMILES string of the molecule is CSc1nc(C(=O)N2CCC[C@H](CCC(=O)NCc3ccccc3Cl)C2)cs1. The van der Waals surface area contributed by atoms with E-state index in [2.05, 4.69) is 10.3 Å². The van der Waals surface area contributed by atoms with Gasteiger partial charge in [0.25, 0.3) is 5.91 Å². The van der Waals surface area contributed by atoms with Gasteiger partial charge in [-0.2, -0.15) is 0 Å². The van der Waals surface area contributed by atoms with E-state index >= 15 is 0 Å². The van der Waals surface area contributed by atoms with Gasteiger partial charge in [0, 0.05) is 36.5 Å². The maximum Gasteiger partial charge on any atom is 0.273 e. The van der Waals surface area contributed by atoms with Crippen molar-refractivity contribution in [2.75, 3.05) is 19.3 Å². The molecule has 1 aliphatic heterocycles. The Balaban J connectivity index is 1.45. The molecule has 0 aliphatic carbocycles. The van der Waals surface area contributed by atoms with Crippen molar-refractivity contribution in [3.63, 3.8) is 0 Å².